The smallest absolute Gasteiger partial charge is 0.0950 e. The van der Waals surface area contributed by atoms with Crippen LogP contribution in [0.4, 0.5) is 0 Å². The van der Waals surface area contributed by atoms with E-state index in [0.29, 0.717) is 5.92 Å². The number of hydrogen-bond donors (Lipinski definition) is 2. The zero-order valence-electron chi connectivity index (χ0n) is 7.58. The highest BCUT2D eigenvalue weighted by atomic mass is 16.3. The lowest BCUT2D eigenvalue weighted by molar-refractivity contribution is 0.433. The number of furan rings is 1. The summed E-state index contributed by atoms with van der Waals surface area (Å²) in [6.45, 7) is 4.34. The van der Waals surface area contributed by atoms with Gasteiger partial charge in [0.2, 0.25) is 0 Å². The molecule has 0 radical (unpaired) electrons. The molecular formula is C9H16N2O. The molecule has 12 heavy (non-hydrogen) atoms. The van der Waals surface area contributed by atoms with Gasteiger partial charge in [0.25, 0.3) is 0 Å². The van der Waals surface area contributed by atoms with Crippen molar-refractivity contribution in [2.45, 2.75) is 26.3 Å². The summed E-state index contributed by atoms with van der Waals surface area (Å²) in [5, 5.41) is 0. The summed E-state index contributed by atoms with van der Waals surface area (Å²) in [7, 11) is 0. The van der Waals surface area contributed by atoms with E-state index >= 15 is 0 Å². The maximum atomic E-state index is 5.42. The molecule has 0 aliphatic rings. The first-order valence-corrected chi connectivity index (χ1v) is 4.22. The predicted molar refractivity (Wildman–Crippen MR) is 48.2 cm³/mol. The lowest BCUT2D eigenvalue weighted by Crippen LogP contribution is -2.28. The first kappa shape index (κ1) is 9.29. The van der Waals surface area contributed by atoms with Crippen LogP contribution in [0.5, 0.6) is 0 Å². The van der Waals surface area contributed by atoms with Crippen molar-refractivity contribution in [3.63, 3.8) is 0 Å². The number of hydrogen-bond acceptors (Lipinski definition) is 3. The minimum absolute atomic E-state index is 0.212. The molecule has 0 aliphatic carbocycles. The van der Waals surface area contributed by atoms with Crippen molar-refractivity contribution in [3.8, 4) is 0 Å². The quantitative estimate of drug-likeness (QED) is 0.532. The summed E-state index contributed by atoms with van der Waals surface area (Å²) in [6, 6.07) is 2.15. The van der Waals surface area contributed by atoms with Crippen molar-refractivity contribution in [1.82, 2.24) is 5.43 Å². The molecule has 68 valence electrons. The summed E-state index contributed by atoms with van der Waals surface area (Å²) in [5.74, 6) is 6.05. The van der Waals surface area contributed by atoms with E-state index in [1.54, 1.807) is 12.5 Å². The summed E-state index contributed by atoms with van der Waals surface area (Å²) in [5.41, 5.74) is 3.89. The van der Waals surface area contributed by atoms with Crippen molar-refractivity contribution in [3.05, 3.63) is 24.2 Å². The average molecular weight is 168 g/mol. The Kier molecular flexibility index (Phi) is 3.31. The zero-order chi connectivity index (χ0) is 8.97. The SMILES string of the molecule is CC(C)CC(NN)c1ccoc1. The molecule has 1 aromatic heterocycles. The normalized spacial score (nSPS) is 13.7. The summed E-state index contributed by atoms with van der Waals surface area (Å²) in [4.78, 5) is 0. The molecule has 1 unspecified atom stereocenters. The van der Waals surface area contributed by atoms with Crippen LogP contribution >= 0.6 is 0 Å². The third-order valence-corrected chi connectivity index (χ3v) is 1.85. The Hall–Kier alpha value is -0.800. The Morgan fingerprint density at radius 2 is 2.33 bits per heavy atom. The highest BCUT2D eigenvalue weighted by Crippen LogP contribution is 2.20. The highest BCUT2D eigenvalue weighted by molar-refractivity contribution is 5.10. The van der Waals surface area contributed by atoms with E-state index < -0.39 is 0 Å². The number of hydrazine groups is 1. The molecule has 0 amide bonds. The van der Waals surface area contributed by atoms with Crippen LogP contribution in [0.3, 0.4) is 0 Å². The molecule has 3 heteroatoms. The Labute approximate surface area is 72.9 Å². The van der Waals surface area contributed by atoms with E-state index in [-0.39, 0.29) is 6.04 Å². The predicted octanol–water partition coefficient (Wildman–Crippen LogP) is 1.83. The van der Waals surface area contributed by atoms with Crippen molar-refractivity contribution in [2.24, 2.45) is 11.8 Å². The lowest BCUT2D eigenvalue weighted by atomic mass is 10.00. The van der Waals surface area contributed by atoms with E-state index in [4.69, 9.17) is 10.3 Å². The second kappa shape index (κ2) is 4.28. The molecule has 1 heterocycles. The van der Waals surface area contributed by atoms with Crippen LogP contribution in [0.25, 0.3) is 0 Å². The molecule has 0 spiro atoms. The molecule has 1 rings (SSSR count). The van der Waals surface area contributed by atoms with Crippen LogP contribution in [0.15, 0.2) is 23.0 Å². The maximum absolute atomic E-state index is 5.42. The molecule has 0 aliphatic heterocycles. The Balaban J connectivity index is 2.57. The Bertz CT molecular complexity index is 206. The zero-order valence-corrected chi connectivity index (χ0v) is 7.58. The molecule has 0 bridgehead atoms. The van der Waals surface area contributed by atoms with Crippen LogP contribution < -0.4 is 11.3 Å². The van der Waals surface area contributed by atoms with E-state index in [2.05, 4.69) is 19.3 Å². The largest absolute Gasteiger partial charge is 0.472 e. The molecule has 3 nitrogen and oxygen atoms in total. The van der Waals surface area contributed by atoms with Gasteiger partial charge in [0.15, 0.2) is 0 Å². The van der Waals surface area contributed by atoms with Crippen molar-refractivity contribution in [2.75, 3.05) is 0 Å². The van der Waals surface area contributed by atoms with Gasteiger partial charge in [0.1, 0.15) is 0 Å². The third-order valence-electron chi connectivity index (χ3n) is 1.85. The fraction of sp³-hybridized carbons (Fsp3) is 0.556. The highest BCUT2D eigenvalue weighted by Gasteiger charge is 2.11. The van der Waals surface area contributed by atoms with Crippen LogP contribution in [-0.2, 0) is 0 Å². The van der Waals surface area contributed by atoms with Crippen LogP contribution in [0, 0.1) is 5.92 Å². The second-order valence-corrected chi connectivity index (χ2v) is 3.41. The van der Waals surface area contributed by atoms with Gasteiger partial charge >= 0.3 is 0 Å². The minimum Gasteiger partial charge on any atom is -0.472 e. The van der Waals surface area contributed by atoms with Gasteiger partial charge in [0.05, 0.1) is 12.5 Å². The van der Waals surface area contributed by atoms with Crippen molar-refractivity contribution in [1.29, 1.82) is 0 Å². The fourth-order valence-electron chi connectivity index (χ4n) is 1.25. The fourth-order valence-corrected chi connectivity index (χ4v) is 1.25. The molecular weight excluding hydrogens is 152 g/mol. The molecule has 1 aromatic rings. The number of nitrogens with two attached hydrogens (primary N) is 1. The van der Waals surface area contributed by atoms with Crippen LogP contribution in [0.1, 0.15) is 31.9 Å². The van der Waals surface area contributed by atoms with Crippen molar-refractivity contribution < 1.29 is 4.42 Å². The molecule has 0 aromatic carbocycles. The van der Waals surface area contributed by atoms with Gasteiger partial charge in [-0.1, -0.05) is 13.8 Å². The first-order chi connectivity index (χ1) is 5.74. The first-order valence-electron chi connectivity index (χ1n) is 4.22. The van der Waals surface area contributed by atoms with Gasteiger partial charge < -0.3 is 4.42 Å². The summed E-state index contributed by atoms with van der Waals surface area (Å²) < 4.78 is 4.98. The van der Waals surface area contributed by atoms with Gasteiger partial charge in [-0.2, -0.15) is 0 Å². The summed E-state index contributed by atoms with van der Waals surface area (Å²) >= 11 is 0. The van der Waals surface area contributed by atoms with Gasteiger partial charge in [-0.25, -0.2) is 0 Å². The van der Waals surface area contributed by atoms with E-state index in [9.17, 15) is 0 Å². The molecule has 0 fully saturated rings. The van der Waals surface area contributed by atoms with Crippen LogP contribution in [-0.4, -0.2) is 0 Å². The molecule has 1 atom stereocenters. The second-order valence-electron chi connectivity index (χ2n) is 3.41. The number of nitrogens with one attached hydrogen (secondary N) is 1. The van der Waals surface area contributed by atoms with Crippen LogP contribution in [0.2, 0.25) is 0 Å². The van der Waals surface area contributed by atoms with Gasteiger partial charge in [-0.15, -0.1) is 0 Å². The molecule has 0 saturated heterocycles. The Morgan fingerprint density at radius 3 is 2.75 bits per heavy atom. The maximum Gasteiger partial charge on any atom is 0.0950 e. The number of rotatable bonds is 4. The van der Waals surface area contributed by atoms with Gasteiger partial charge in [-0.3, -0.25) is 11.3 Å². The Morgan fingerprint density at radius 1 is 1.58 bits per heavy atom. The minimum atomic E-state index is 0.212. The lowest BCUT2D eigenvalue weighted by Gasteiger charge is -2.15. The third kappa shape index (κ3) is 2.36. The topological polar surface area (TPSA) is 51.2 Å². The average Bonchev–Trinajstić information content (AvgIpc) is 2.51. The standard InChI is InChI=1S/C9H16N2O/c1-7(2)5-9(11-10)8-3-4-12-6-8/h3-4,6-7,9,11H,5,10H2,1-2H3. The molecule has 0 saturated carbocycles. The van der Waals surface area contributed by atoms with Gasteiger partial charge in [0, 0.05) is 11.6 Å². The molecule has 3 N–H and O–H groups in total. The van der Waals surface area contributed by atoms with Gasteiger partial charge in [-0.05, 0) is 18.4 Å². The van der Waals surface area contributed by atoms with E-state index in [1.807, 2.05) is 6.07 Å². The van der Waals surface area contributed by atoms with E-state index in [0.717, 1.165) is 12.0 Å². The van der Waals surface area contributed by atoms with Crippen molar-refractivity contribution >= 4 is 0 Å². The monoisotopic (exact) mass is 168 g/mol. The summed E-state index contributed by atoms with van der Waals surface area (Å²) in [6.07, 6.45) is 4.42. The van der Waals surface area contributed by atoms with E-state index in [1.165, 1.54) is 0 Å².